The van der Waals surface area contributed by atoms with E-state index >= 15 is 0 Å². The molecule has 0 atom stereocenters. The largest absolute Gasteiger partial charge is 0.481 e. The van der Waals surface area contributed by atoms with Crippen LogP contribution in [0.25, 0.3) is 22.6 Å². The summed E-state index contributed by atoms with van der Waals surface area (Å²) in [5.74, 6) is -0.337. The minimum absolute atomic E-state index is 0.153. The number of carboxylic acids is 1. The summed E-state index contributed by atoms with van der Waals surface area (Å²) in [7, 11) is 0. The molecule has 0 amide bonds. The Morgan fingerprint density at radius 2 is 1.75 bits per heavy atom. The minimum Gasteiger partial charge on any atom is -0.481 e. The van der Waals surface area contributed by atoms with Crippen molar-refractivity contribution in [1.29, 1.82) is 0 Å². The lowest BCUT2D eigenvalue weighted by Crippen LogP contribution is -1.99. The fraction of sp³-hybridized carbons (Fsp3) is 0.0588. The number of halogens is 1. The van der Waals surface area contributed by atoms with Gasteiger partial charge in [-0.3, -0.25) is 9.93 Å². The van der Waals surface area contributed by atoms with Gasteiger partial charge >= 0.3 is 5.97 Å². The van der Waals surface area contributed by atoms with Crippen LogP contribution in [0.1, 0.15) is 5.89 Å². The van der Waals surface area contributed by atoms with E-state index in [1.165, 1.54) is 0 Å². The van der Waals surface area contributed by atoms with Crippen LogP contribution in [0.5, 0.6) is 0 Å². The average molecular weight is 361 g/mol. The lowest BCUT2D eigenvalue weighted by atomic mass is 10.1. The third kappa shape index (κ3) is 3.62. The van der Waals surface area contributed by atoms with Gasteiger partial charge in [-0.25, -0.2) is 4.98 Å². The van der Waals surface area contributed by atoms with Crippen molar-refractivity contribution in [3.63, 3.8) is 0 Å². The minimum atomic E-state index is -1.000. The maximum atomic E-state index is 11.0. The van der Waals surface area contributed by atoms with Crippen LogP contribution in [0.3, 0.4) is 0 Å². The van der Waals surface area contributed by atoms with Crippen LogP contribution in [-0.4, -0.2) is 16.1 Å². The number of nitrogens with two attached hydrogens (primary N) is 1. The maximum absolute atomic E-state index is 11.0. The number of hydrogen-bond donors (Lipinski definition) is 2. The molecule has 3 N–H and O–H groups in total. The highest BCUT2D eigenvalue weighted by Crippen LogP contribution is 2.34. The Balaban J connectivity index is 2.09. The zero-order valence-electron chi connectivity index (χ0n) is 12.4. The van der Waals surface area contributed by atoms with Gasteiger partial charge in [0, 0.05) is 21.0 Å². The molecule has 7 heteroatoms. The van der Waals surface area contributed by atoms with Gasteiger partial charge in [-0.2, -0.15) is 0 Å². The number of oxazole rings is 1. The van der Waals surface area contributed by atoms with E-state index in [1.807, 2.05) is 24.3 Å². The van der Waals surface area contributed by atoms with E-state index in [0.717, 1.165) is 28.0 Å². The fourth-order valence-electron chi connectivity index (χ4n) is 2.25. The molecule has 0 aliphatic heterocycles. The monoisotopic (exact) mass is 360 g/mol. The van der Waals surface area contributed by atoms with Crippen LogP contribution in [0, 0.1) is 0 Å². The average Bonchev–Trinajstić information content (AvgIpc) is 2.98. The Bertz CT molecular complexity index is 861. The highest BCUT2D eigenvalue weighted by molar-refractivity contribution is 7.97. The summed E-state index contributed by atoms with van der Waals surface area (Å²) in [4.78, 5) is 16.2. The number of aromatic nitrogens is 1. The van der Waals surface area contributed by atoms with Crippen LogP contribution < -0.4 is 5.14 Å². The van der Waals surface area contributed by atoms with Gasteiger partial charge in [0.2, 0.25) is 5.89 Å². The molecular formula is C17H13ClN2O3S. The maximum Gasteiger partial charge on any atom is 0.312 e. The smallest absolute Gasteiger partial charge is 0.312 e. The number of rotatable bonds is 5. The molecule has 1 heterocycles. The lowest BCUT2D eigenvalue weighted by molar-refractivity contribution is -0.136. The normalized spacial score (nSPS) is 10.8. The van der Waals surface area contributed by atoms with Gasteiger partial charge in [-0.15, -0.1) is 0 Å². The molecule has 5 nitrogen and oxygen atoms in total. The molecule has 0 saturated carbocycles. The summed E-state index contributed by atoms with van der Waals surface area (Å²) in [6.45, 7) is 0. The summed E-state index contributed by atoms with van der Waals surface area (Å²) in [6, 6.07) is 14.6. The van der Waals surface area contributed by atoms with Crippen molar-refractivity contribution in [2.45, 2.75) is 11.3 Å². The van der Waals surface area contributed by atoms with Crippen LogP contribution in [0.4, 0.5) is 0 Å². The Hall–Kier alpha value is -2.28. The highest BCUT2D eigenvalue weighted by Gasteiger charge is 2.18. The molecule has 0 radical (unpaired) electrons. The summed E-state index contributed by atoms with van der Waals surface area (Å²) < 4.78 is 5.70. The van der Waals surface area contributed by atoms with Crippen molar-refractivity contribution in [1.82, 2.24) is 4.98 Å². The van der Waals surface area contributed by atoms with E-state index in [2.05, 4.69) is 4.98 Å². The van der Waals surface area contributed by atoms with Crippen molar-refractivity contribution in [3.05, 3.63) is 59.4 Å². The number of hydrogen-bond acceptors (Lipinski definition) is 5. The van der Waals surface area contributed by atoms with Crippen LogP contribution in [0.15, 0.2) is 57.8 Å². The molecule has 0 bridgehead atoms. The van der Waals surface area contributed by atoms with Gasteiger partial charge in [-0.1, -0.05) is 23.7 Å². The summed E-state index contributed by atoms with van der Waals surface area (Å²) in [5, 5.41) is 15.1. The summed E-state index contributed by atoms with van der Waals surface area (Å²) in [6.07, 6.45) is -0.280. The molecule has 0 unspecified atom stereocenters. The Morgan fingerprint density at radius 3 is 2.33 bits per heavy atom. The lowest BCUT2D eigenvalue weighted by Gasteiger charge is -2.03. The quantitative estimate of drug-likeness (QED) is 0.661. The van der Waals surface area contributed by atoms with E-state index in [9.17, 15) is 4.79 Å². The van der Waals surface area contributed by atoms with Gasteiger partial charge in [0.25, 0.3) is 0 Å². The van der Waals surface area contributed by atoms with Gasteiger partial charge in [0.1, 0.15) is 12.1 Å². The standard InChI is InChI=1S/C17H13ClN2O3S/c18-12-5-1-11(2-6-12)17-16(20-14(23-17)9-15(21)22)10-3-7-13(24-19)8-4-10/h1-8H,9,19H2,(H,21,22). The predicted molar refractivity (Wildman–Crippen MR) is 93.8 cm³/mol. The van der Waals surface area contributed by atoms with E-state index in [4.69, 9.17) is 26.3 Å². The molecule has 0 aliphatic carbocycles. The van der Waals surface area contributed by atoms with Gasteiger partial charge in [0.15, 0.2) is 5.76 Å². The van der Waals surface area contributed by atoms with Crippen LogP contribution in [0.2, 0.25) is 5.02 Å². The number of carbonyl (C=O) groups is 1. The zero-order chi connectivity index (χ0) is 17.1. The van der Waals surface area contributed by atoms with E-state index in [0.29, 0.717) is 16.5 Å². The molecule has 0 saturated heterocycles. The highest BCUT2D eigenvalue weighted by atomic mass is 35.5. The number of carboxylic acid groups (broad SMARTS) is 1. The topological polar surface area (TPSA) is 89.3 Å². The second-order valence-corrected chi connectivity index (χ2v) is 6.15. The Labute approximate surface area is 147 Å². The number of benzene rings is 2. The van der Waals surface area contributed by atoms with Gasteiger partial charge in [0.05, 0.1) is 0 Å². The van der Waals surface area contributed by atoms with Crippen molar-refractivity contribution in [3.8, 4) is 22.6 Å². The Morgan fingerprint density at radius 1 is 1.12 bits per heavy atom. The molecular weight excluding hydrogens is 348 g/mol. The molecule has 122 valence electrons. The molecule has 3 rings (SSSR count). The SMILES string of the molecule is NSc1ccc(-c2nc(CC(=O)O)oc2-c2ccc(Cl)cc2)cc1. The fourth-order valence-corrected chi connectivity index (χ4v) is 2.67. The molecule has 0 fully saturated rings. The second-order valence-electron chi connectivity index (χ2n) is 5.00. The second kappa shape index (κ2) is 7.09. The van der Waals surface area contributed by atoms with Crippen LogP contribution >= 0.6 is 23.5 Å². The third-order valence-corrected chi connectivity index (χ3v) is 4.14. The molecule has 0 spiro atoms. The van der Waals surface area contributed by atoms with Gasteiger partial charge in [-0.05, 0) is 48.3 Å². The van der Waals surface area contributed by atoms with Crippen molar-refractivity contribution in [2.24, 2.45) is 5.14 Å². The zero-order valence-corrected chi connectivity index (χ0v) is 14.0. The first-order valence-corrected chi connectivity index (χ1v) is 8.27. The van der Waals surface area contributed by atoms with Crippen molar-refractivity contribution in [2.75, 3.05) is 0 Å². The Kier molecular flexibility index (Phi) is 4.89. The first kappa shape index (κ1) is 16.6. The van der Waals surface area contributed by atoms with Crippen molar-refractivity contribution >= 4 is 29.5 Å². The number of nitrogens with zero attached hydrogens (tertiary/aromatic N) is 1. The third-order valence-electron chi connectivity index (χ3n) is 3.34. The van der Waals surface area contributed by atoms with Crippen molar-refractivity contribution < 1.29 is 14.3 Å². The molecule has 3 aromatic rings. The molecule has 24 heavy (non-hydrogen) atoms. The number of aliphatic carboxylic acids is 1. The van der Waals surface area contributed by atoms with E-state index in [1.54, 1.807) is 24.3 Å². The van der Waals surface area contributed by atoms with Crippen LogP contribution in [-0.2, 0) is 11.2 Å². The molecule has 1 aromatic heterocycles. The first-order valence-electron chi connectivity index (χ1n) is 7.01. The van der Waals surface area contributed by atoms with E-state index in [-0.39, 0.29) is 12.3 Å². The first-order chi connectivity index (χ1) is 11.6. The molecule has 2 aromatic carbocycles. The summed E-state index contributed by atoms with van der Waals surface area (Å²) in [5.41, 5.74) is 2.18. The molecule has 0 aliphatic rings. The predicted octanol–water partition coefficient (Wildman–Crippen LogP) is 4.25. The van der Waals surface area contributed by atoms with Gasteiger partial charge < -0.3 is 9.52 Å². The van der Waals surface area contributed by atoms with E-state index < -0.39 is 5.97 Å². The summed E-state index contributed by atoms with van der Waals surface area (Å²) >= 11 is 7.08.